The van der Waals surface area contributed by atoms with Crippen LogP contribution in [0.3, 0.4) is 0 Å². The fraction of sp³-hybridized carbons (Fsp3) is 0.600. The standard InChI is InChI=1S/C35H44N2O6/c1-34-16-14-23(38)19-22(34)8-9-25-26-10-11-30(35(26,2)17-15-27(25)34)43-32(40)13-12-31(39)37-29(33(41)42-3)18-21-20-36-28-7-5-4-6-24(21)28/h4-7,19-20,25-27,29-30,36H,8-18H2,1-3H3,(H,37,39)/t25?,26?,27?,29?,30?,34-,35-/m0/s1. The van der Waals surface area contributed by atoms with Gasteiger partial charge in [-0.1, -0.05) is 37.6 Å². The molecule has 0 saturated heterocycles. The van der Waals surface area contributed by atoms with Crippen molar-refractivity contribution in [3.05, 3.63) is 47.7 Å². The molecule has 3 fully saturated rings. The lowest BCUT2D eigenvalue weighted by Crippen LogP contribution is -2.51. The van der Waals surface area contributed by atoms with Gasteiger partial charge >= 0.3 is 11.9 Å². The molecule has 0 spiro atoms. The smallest absolute Gasteiger partial charge is 0.328 e. The molecule has 6 rings (SSSR count). The minimum Gasteiger partial charge on any atom is -0.467 e. The minimum absolute atomic E-state index is 0.0314. The molecule has 2 aromatic rings. The van der Waals surface area contributed by atoms with Gasteiger partial charge in [-0.2, -0.15) is 0 Å². The molecular weight excluding hydrogens is 544 g/mol. The van der Waals surface area contributed by atoms with Crippen molar-refractivity contribution in [2.75, 3.05) is 7.11 Å². The zero-order chi connectivity index (χ0) is 30.4. The number of H-pyrrole nitrogens is 1. The number of amides is 1. The Balaban J connectivity index is 1.04. The van der Waals surface area contributed by atoms with Crippen LogP contribution < -0.4 is 5.32 Å². The van der Waals surface area contributed by atoms with E-state index in [0.29, 0.717) is 24.2 Å². The Hall–Kier alpha value is -3.42. The number of esters is 2. The molecule has 8 nitrogen and oxygen atoms in total. The summed E-state index contributed by atoms with van der Waals surface area (Å²) in [5.41, 5.74) is 3.29. The maximum Gasteiger partial charge on any atom is 0.328 e. The zero-order valence-electron chi connectivity index (χ0n) is 25.6. The Morgan fingerprint density at radius 2 is 1.84 bits per heavy atom. The number of ketones is 1. The van der Waals surface area contributed by atoms with Crippen molar-refractivity contribution in [3.63, 3.8) is 0 Å². The third-order valence-electron chi connectivity index (χ3n) is 11.6. The monoisotopic (exact) mass is 588 g/mol. The zero-order valence-corrected chi connectivity index (χ0v) is 25.6. The maximum absolute atomic E-state index is 13.0. The number of carbonyl (C=O) groups is 4. The second kappa shape index (κ2) is 11.6. The van der Waals surface area contributed by atoms with E-state index in [9.17, 15) is 19.2 Å². The molecule has 7 atom stereocenters. The number of benzene rings is 1. The van der Waals surface area contributed by atoms with Gasteiger partial charge in [0.25, 0.3) is 0 Å². The quantitative estimate of drug-likeness (QED) is 0.389. The number of hydrogen-bond donors (Lipinski definition) is 2. The average Bonchev–Trinajstić information content (AvgIpc) is 3.56. The van der Waals surface area contributed by atoms with E-state index in [-0.39, 0.29) is 53.9 Å². The van der Waals surface area contributed by atoms with Gasteiger partial charge in [0.1, 0.15) is 12.1 Å². The normalized spacial score (nSPS) is 32.2. The van der Waals surface area contributed by atoms with Gasteiger partial charge in [-0.25, -0.2) is 4.79 Å². The van der Waals surface area contributed by atoms with E-state index in [4.69, 9.17) is 9.47 Å². The van der Waals surface area contributed by atoms with Crippen molar-refractivity contribution in [2.24, 2.45) is 28.6 Å². The molecule has 0 bridgehead atoms. The van der Waals surface area contributed by atoms with Crippen molar-refractivity contribution in [1.82, 2.24) is 10.3 Å². The lowest BCUT2D eigenvalue weighted by molar-refractivity contribution is -0.160. The Morgan fingerprint density at radius 1 is 1.02 bits per heavy atom. The number of para-hydroxylation sites is 1. The van der Waals surface area contributed by atoms with E-state index >= 15 is 0 Å². The van der Waals surface area contributed by atoms with Crippen molar-refractivity contribution < 1.29 is 28.7 Å². The third kappa shape index (κ3) is 5.42. The molecule has 0 radical (unpaired) electrons. The highest BCUT2D eigenvalue weighted by Gasteiger charge is 2.60. The predicted molar refractivity (Wildman–Crippen MR) is 162 cm³/mol. The van der Waals surface area contributed by atoms with Gasteiger partial charge in [0, 0.05) is 41.8 Å². The van der Waals surface area contributed by atoms with Gasteiger partial charge in [0.05, 0.1) is 13.5 Å². The summed E-state index contributed by atoms with van der Waals surface area (Å²) >= 11 is 0. The molecule has 2 N–H and O–H groups in total. The lowest BCUT2D eigenvalue weighted by atomic mass is 9.47. The molecule has 4 aliphatic rings. The number of rotatable bonds is 8. The van der Waals surface area contributed by atoms with E-state index in [1.54, 1.807) is 0 Å². The molecule has 43 heavy (non-hydrogen) atoms. The number of aromatic nitrogens is 1. The second-order valence-corrected chi connectivity index (χ2v) is 13.8. The van der Waals surface area contributed by atoms with E-state index in [1.165, 1.54) is 12.7 Å². The fourth-order valence-electron chi connectivity index (χ4n) is 9.26. The summed E-state index contributed by atoms with van der Waals surface area (Å²) in [6.45, 7) is 4.68. The highest BCUT2D eigenvalue weighted by atomic mass is 16.5. The van der Waals surface area contributed by atoms with Gasteiger partial charge in [0.15, 0.2) is 5.78 Å². The summed E-state index contributed by atoms with van der Waals surface area (Å²) < 4.78 is 11.1. The van der Waals surface area contributed by atoms with Crippen LogP contribution in [-0.2, 0) is 35.1 Å². The Bertz CT molecular complexity index is 1460. The summed E-state index contributed by atoms with van der Waals surface area (Å²) in [7, 11) is 1.30. The molecule has 4 aliphatic carbocycles. The number of methoxy groups -OCH3 is 1. The van der Waals surface area contributed by atoms with Gasteiger partial charge in [-0.15, -0.1) is 0 Å². The van der Waals surface area contributed by atoms with E-state index in [1.807, 2.05) is 36.5 Å². The van der Waals surface area contributed by atoms with Crippen LogP contribution in [0.25, 0.3) is 10.9 Å². The Morgan fingerprint density at radius 3 is 2.65 bits per heavy atom. The fourth-order valence-corrected chi connectivity index (χ4v) is 9.26. The Labute approximate surface area is 253 Å². The maximum atomic E-state index is 13.0. The molecule has 8 heteroatoms. The average molecular weight is 589 g/mol. The summed E-state index contributed by atoms with van der Waals surface area (Å²) in [6, 6.07) is 6.93. The second-order valence-electron chi connectivity index (χ2n) is 13.8. The van der Waals surface area contributed by atoms with Crippen LogP contribution in [0.4, 0.5) is 0 Å². The van der Waals surface area contributed by atoms with E-state index in [0.717, 1.165) is 61.4 Å². The topological polar surface area (TPSA) is 115 Å². The highest BCUT2D eigenvalue weighted by Crippen LogP contribution is 2.65. The van der Waals surface area contributed by atoms with Crippen molar-refractivity contribution in [2.45, 2.75) is 96.6 Å². The summed E-state index contributed by atoms with van der Waals surface area (Å²) in [4.78, 5) is 53.7. The molecule has 230 valence electrons. The molecule has 1 aromatic carbocycles. The molecule has 0 aliphatic heterocycles. The summed E-state index contributed by atoms with van der Waals surface area (Å²) in [5, 5.41) is 3.76. The van der Waals surface area contributed by atoms with Crippen LogP contribution in [-0.4, -0.2) is 47.9 Å². The predicted octanol–water partition coefficient (Wildman–Crippen LogP) is 5.59. The first kappa shape index (κ1) is 29.6. The molecular formula is C35H44N2O6. The number of allylic oxidation sites excluding steroid dienone is 1. The number of fused-ring (bicyclic) bond motifs is 6. The molecule has 1 aromatic heterocycles. The molecule has 1 heterocycles. The summed E-state index contributed by atoms with van der Waals surface area (Å²) in [6.07, 6.45) is 11.6. The van der Waals surface area contributed by atoms with Crippen molar-refractivity contribution >= 4 is 34.5 Å². The number of nitrogens with one attached hydrogen (secondary N) is 2. The number of carbonyl (C=O) groups excluding carboxylic acids is 4. The first-order valence-electron chi connectivity index (χ1n) is 16.0. The first-order valence-corrected chi connectivity index (χ1v) is 16.0. The Kier molecular flexibility index (Phi) is 7.99. The third-order valence-corrected chi connectivity index (χ3v) is 11.6. The molecule has 5 unspecified atom stereocenters. The van der Waals surface area contributed by atoms with Crippen LogP contribution in [0.2, 0.25) is 0 Å². The van der Waals surface area contributed by atoms with Crippen molar-refractivity contribution in [1.29, 1.82) is 0 Å². The van der Waals surface area contributed by atoms with E-state index in [2.05, 4.69) is 24.1 Å². The summed E-state index contributed by atoms with van der Waals surface area (Å²) in [5.74, 6) is 0.702. The number of hydrogen-bond acceptors (Lipinski definition) is 6. The molecule has 3 saturated carbocycles. The van der Waals surface area contributed by atoms with Gasteiger partial charge in [0.2, 0.25) is 5.91 Å². The highest BCUT2D eigenvalue weighted by molar-refractivity contribution is 5.91. The van der Waals surface area contributed by atoms with Gasteiger partial charge < -0.3 is 19.8 Å². The largest absolute Gasteiger partial charge is 0.467 e. The molecule has 1 amide bonds. The number of aromatic amines is 1. The van der Waals surface area contributed by atoms with Gasteiger partial charge in [-0.3, -0.25) is 14.4 Å². The first-order chi connectivity index (χ1) is 20.6. The SMILES string of the molecule is COC(=O)C(Cc1c[nH]c2ccccc12)NC(=O)CCC(=O)OC1CCC2C3CCC4=CC(=O)CC[C@]4(C)C3CC[C@]12C. The van der Waals surface area contributed by atoms with Crippen LogP contribution in [0, 0.1) is 28.6 Å². The van der Waals surface area contributed by atoms with Crippen molar-refractivity contribution in [3.8, 4) is 0 Å². The van der Waals surface area contributed by atoms with Crippen LogP contribution in [0.5, 0.6) is 0 Å². The van der Waals surface area contributed by atoms with E-state index < -0.39 is 12.0 Å². The van der Waals surface area contributed by atoms with Crippen LogP contribution >= 0.6 is 0 Å². The van der Waals surface area contributed by atoms with Gasteiger partial charge in [-0.05, 0) is 85.8 Å². The van der Waals surface area contributed by atoms with Crippen LogP contribution in [0.15, 0.2) is 42.1 Å². The van der Waals surface area contributed by atoms with Crippen LogP contribution in [0.1, 0.15) is 83.6 Å². The lowest BCUT2D eigenvalue weighted by Gasteiger charge is -2.57. The minimum atomic E-state index is -0.854. The number of ether oxygens (including phenoxy) is 2.